The van der Waals surface area contributed by atoms with Crippen LogP contribution in [0.3, 0.4) is 0 Å². The second-order valence-electron chi connectivity index (χ2n) is 8.45. The van der Waals surface area contributed by atoms with Gasteiger partial charge in [-0.15, -0.1) is 0 Å². The molecule has 0 bridgehead atoms. The molecule has 1 aliphatic rings. The van der Waals surface area contributed by atoms with Crippen molar-refractivity contribution in [1.82, 2.24) is 9.47 Å². The van der Waals surface area contributed by atoms with Crippen LogP contribution in [-0.4, -0.2) is 21.5 Å². The number of alkyl halides is 1. The first-order valence-corrected chi connectivity index (χ1v) is 12.0. The topological polar surface area (TPSA) is 25.2 Å². The summed E-state index contributed by atoms with van der Waals surface area (Å²) in [5, 5.41) is 0.737. The highest BCUT2D eigenvalue weighted by Gasteiger charge is 2.19. The Morgan fingerprint density at radius 3 is 2.69 bits per heavy atom. The zero-order valence-corrected chi connectivity index (χ0v) is 21.4. The first-order chi connectivity index (χ1) is 15.3. The van der Waals surface area contributed by atoms with Crippen LogP contribution >= 0.6 is 15.9 Å². The van der Waals surface area contributed by atoms with Crippen LogP contribution in [0, 0.1) is 6.92 Å². The fraction of sp³-hybridized carbons (Fsp3) is 0.321. The van der Waals surface area contributed by atoms with Gasteiger partial charge >= 0.3 is 0 Å². The second-order valence-corrected chi connectivity index (χ2v) is 9.38. The molecule has 0 fully saturated rings. The first kappa shape index (κ1) is 24.1. The van der Waals surface area contributed by atoms with Crippen LogP contribution in [-0.2, 0) is 6.54 Å². The summed E-state index contributed by atoms with van der Waals surface area (Å²) in [5.74, 6) is 0. The maximum atomic E-state index is 13.5. The van der Waals surface area contributed by atoms with Crippen molar-refractivity contribution in [3.05, 3.63) is 99.5 Å². The normalized spacial score (nSPS) is 17.1. The molecule has 3 rings (SSSR count). The molecule has 1 atom stereocenters. The zero-order chi connectivity index (χ0) is 23.4. The molecule has 0 saturated heterocycles. The van der Waals surface area contributed by atoms with E-state index in [0.29, 0.717) is 13.0 Å². The number of fused-ring (bicyclic) bond motifs is 1. The smallest absolute Gasteiger partial charge is 0.197 e. The standard InChI is InChI=1S/C28H33BrN2O/c1-7-19(2)20(3)12-10-13-21(4)27-22(5)31(18-23-14-11-17-26(29)30(23)6)25-16-9-8-15-24(25)28(27)32/h8-12,14-17,26H,4,7,13,18H2,1-3,5-6H3/b12-10-,20-19-. The van der Waals surface area contributed by atoms with E-state index in [0.717, 1.165) is 34.2 Å². The van der Waals surface area contributed by atoms with Crippen LogP contribution in [0.4, 0.5) is 0 Å². The lowest BCUT2D eigenvalue weighted by Crippen LogP contribution is -2.30. The van der Waals surface area contributed by atoms with Gasteiger partial charge in [0.15, 0.2) is 5.43 Å². The molecule has 1 aromatic heterocycles. The van der Waals surface area contributed by atoms with E-state index in [1.807, 2.05) is 31.2 Å². The number of halogens is 1. The van der Waals surface area contributed by atoms with Crippen LogP contribution in [0.1, 0.15) is 44.9 Å². The summed E-state index contributed by atoms with van der Waals surface area (Å²) in [6.45, 7) is 13.5. The van der Waals surface area contributed by atoms with Gasteiger partial charge in [-0.3, -0.25) is 4.79 Å². The highest BCUT2D eigenvalue weighted by molar-refractivity contribution is 9.09. The Hall–Kier alpha value is -2.59. The summed E-state index contributed by atoms with van der Waals surface area (Å²) in [7, 11) is 2.08. The van der Waals surface area contributed by atoms with Gasteiger partial charge in [0.05, 0.1) is 12.1 Å². The summed E-state index contributed by atoms with van der Waals surface area (Å²) in [6, 6.07) is 7.87. The molecule has 0 aliphatic carbocycles. The SMILES string of the molecule is C=C(C/C=C\C(C)=C(\C)CC)c1c(C)n(CC2=CC=CC(Br)N2C)c2ccccc2c1=O. The van der Waals surface area contributed by atoms with Crippen molar-refractivity contribution in [2.24, 2.45) is 0 Å². The molecular formula is C28H33BrN2O. The maximum absolute atomic E-state index is 13.5. The minimum Gasteiger partial charge on any atom is -0.360 e. The molecule has 168 valence electrons. The minimum absolute atomic E-state index is 0.0639. The number of para-hydroxylation sites is 1. The average Bonchev–Trinajstić information content (AvgIpc) is 2.78. The highest BCUT2D eigenvalue weighted by Crippen LogP contribution is 2.26. The maximum Gasteiger partial charge on any atom is 0.197 e. The van der Waals surface area contributed by atoms with Crippen molar-refractivity contribution >= 4 is 32.4 Å². The Labute approximate surface area is 200 Å². The van der Waals surface area contributed by atoms with Gasteiger partial charge in [0.1, 0.15) is 4.95 Å². The summed E-state index contributed by atoms with van der Waals surface area (Å²) < 4.78 is 2.24. The number of rotatable bonds is 7. The third kappa shape index (κ3) is 4.91. The Morgan fingerprint density at radius 1 is 1.25 bits per heavy atom. The van der Waals surface area contributed by atoms with Gasteiger partial charge in [-0.2, -0.15) is 0 Å². The first-order valence-electron chi connectivity index (χ1n) is 11.1. The second kappa shape index (κ2) is 10.4. The summed E-state index contributed by atoms with van der Waals surface area (Å²) in [5.41, 5.74) is 7.39. The van der Waals surface area contributed by atoms with E-state index in [4.69, 9.17) is 0 Å². The molecule has 1 unspecified atom stereocenters. The Morgan fingerprint density at radius 2 is 1.97 bits per heavy atom. The van der Waals surface area contributed by atoms with Crippen molar-refractivity contribution in [3.8, 4) is 0 Å². The van der Waals surface area contributed by atoms with Crippen LogP contribution in [0.25, 0.3) is 16.5 Å². The number of hydrogen-bond donors (Lipinski definition) is 0. The van der Waals surface area contributed by atoms with Crippen molar-refractivity contribution in [2.45, 2.75) is 52.0 Å². The number of hydrogen-bond acceptors (Lipinski definition) is 2. The zero-order valence-electron chi connectivity index (χ0n) is 19.8. The number of benzene rings is 1. The number of allylic oxidation sites excluding steroid dienone is 8. The lowest BCUT2D eigenvalue weighted by atomic mass is 9.98. The predicted molar refractivity (Wildman–Crippen MR) is 142 cm³/mol. The third-order valence-corrected chi connectivity index (χ3v) is 7.34. The fourth-order valence-electron chi connectivity index (χ4n) is 4.03. The summed E-state index contributed by atoms with van der Waals surface area (Å²) >= 11 is 3.69. The van der Waals surface area contributed by atoms with E-state index in [9.17, 15) is 4.79 Å². The molecule has 1 aromatic carbocycles. The fourth-order valence-corrected chi connectivity index (χ4v) is 4.47. The largest absolute Gasteiger partial charge is 0.360 e. The number of nitrogens with zero attached hydrogens (tertiary/aromatic N) is 2. The summed E-state index contributed by atoms with van der Waals surface area (Å²) in [6.07, 6.45) is 12.3. The van der Waals surface area contributed by atoms with Gasteiger partial charge in [0, 0.05) is 29.4 Å². The summed E-state index contributed by atoms with van der Waals surface area (Å²) in [4.78, 5) is 15.8. The quantitative estimate of drug-likeness (QED) is 0.233. The molecule has 0 saturated carbocycles. The molecule has 0 radical (unpaired) electrons. The Kier molecular flexibility index (Phi) is 7.78. The van der Waals surface area contributed by atoms with Crippen molar-refractivity contribution in [1.29, 1.82) is 0 Å². The minimum atomic E-state index is 0.0639. The van der Waals surface area contributed by atoms with Crippen LogP contribution < -0.4 is 5.43 Å². The lowest BCUT2D eigenvalue weighted by molar-refractivity contribution is 0.407. The molecule has 0 spiro atoms. The van der Waals surface area contributed by atoms with E-state index >= 15 is 0 Å². The molecule has 3 nitrogen and oxygen atoms in total. The van der Waals surface area contributed by atoms with Gasteiger partial charge in [0.2, 0.25) is 0 Å². The number of likely N-dealkylation sites (N-methyl/N-ethyl adjacent to an activating group) is 1. The van der Waals surface area contributed by atoms with Gasteiger partial charge in [-0.05, 0) is 57.4 Å². The van der Waals surface area contributed by atoms with Crippen molar-refractivity contribution in [3.63, 3.8) is 0 Å². The van der Waals surface area contributed by atoms with Gasteiger partial charge in [0.25, 0.3) is 0 Å². The average molecular weight is 493 g/mol. The molecule has 4 heteroatoms. The van der Waals surface area contributed by atoms with Crippen LogP contribution in [0.2, 0.25) is 0 Å². The molecule has 0 amide bonds. The van der Waals surface area contributed by atoms with Gasteiger partial charge < -0.3 is 9.47 Å². The van der Waals surface area contributed by atoms with Gasteiger partial charge in [-0.25, -0.2) is 0 Å². The molecule has 2 aromatic rings. The molecular weight excluding hydrogens is 460 g/mol. The molecule has 0 N–H and O–H groups in total. The van der Waals surface area contributed by atoms with Crippen molar-refractivity contribution in [2.75, 3.05) is 7.05 Å². The van der Waals surface area contributed by atoms with E-state index in [1.165, 1.54) is 16.8 Å². The monoisotopic (exact) mass is 492 g/mol. The predicted octanol–water partition coefficient (Wildman–Crippen LogP) is 7.12. The Balaban J connectivity index is 2.05. The van der Waals surface area contributed by atoms with Crippen LogP contribution in [0.15, 0.2) is 82.9 Å². The number of pyridine rings is 1. The molecule has 2 heterocycles. The number of aromatic nitrogens is 1. The Bertz CT molecular complexity index is 1210. The van der Waals surface area contributed by atoms with Gasteiger partial charge in [-0.1, -0.05) is 77.0 Å². The third-order valence-electron chi connectivity index (χ3n) is 6.42. The van der Waals surface area contributed by atoms with Crippen LogP contribution in [0.5, 0.6) is 0 Å². The van der Waals surface area contributed by atoms with E-state index in [2.05, 4.69) is 90.2 Å². The highest BCUT2D eigenvalue weighted by atomic mass is 79.9. The lowest BCUT2D eigenvalue weighted by Gasteiger charge is -2.30. The van der Waals surface area contributed by atoms with E-state index < -0.39 is 0 Å². The molecule has 1 aliphatic heterocycles. The van der Waals surface area contributed by atoms with E-state index in [-0.39, 0.29) is 10.4 Å². The van der Waals surface area contributed by atoms with Crippen molar-refractivity contribution < 1.29 is 0 Å². The van der Waals surface area contributed by atoms with E-state index in [1.54, 1.807) is 0 Å². The molecule has 32 heavy (non-hydrogen) atoms.